The molecule has 5 heteroatoms. The molecule has 0 radical (unpaired) electrons. The van der Waals surface area contributed by atoms with Gasteiger partial charge >= 0.3 is 5.97 Å². The zero-order valence-corrected chi connectivity index (χ0v) is 12.4. The Labute approximate surface area is 128 Å². The minimum Gasteiger partial charge on any atom is -0.507 e. The van der Waals surface area contributed by atoms with E-state index in [9.17, 15) is 14.7 Å². The second kappa shape index (κ2) is 6.76. The van der Waals surface area contributed by atoms with Crippen LogP contribution in [0.15, 0.2) is 48.5 Å². The van der Waals surface area contributed by atoms with Crippen molar-refractivity contribution in [1.29, 1.82) is 0 Å². The molecule has 2 aromatic rings. The minimum absolute atomic E-state index is 0.0257. The smallest absolute Gasteiger partial charge is 0.342 e. The standard InChI is InChI=1S/C17H17NO4/c1-11-6-5-7-13(10-11)18-16(20)12(2)22-17(21)14-8-3-4-9-15(14)19/h3-10,12,19H,1-2H3,(H,18,20). The number of aryl methyl sites for hydroxylation is 1. The molecular weight excluding hydrogens is 282 g/mol. The van der Waals surface area contributed by atoms with E-state index in [0.717, 1.165) is 5.56 Å². The second-order valence-electron chi connectivity index (χ2n) is 4.92. The number of hydrogen-bond donors (Lipinski definition) is 2. The highest BCUT2D eigenvalue weighted by atomic mass is 16.5. The summed E-state index contributed by atoms with van der Waals surface area (Å²) < 4.78 is 5.07. The Morgan fingerprint density at radius 3 is 2.55 bits per heavy atom. The highest BCUT2D eigenvalue weighted by Crippen LogP contribution is 2.17. The highest BCUT2D eigenvalue weighted by molar-refractivity contribution is 5.98. The number of rotatable bonds is 4. The number of para-hydroxylation sites is 1. The molecule has 0 aliphatic carbocycles. The zero-order valence-electron chi connectivity index (χ0n) is 12.4. The fourth-order valence-electron chi connectivity index (χ4n) is 1.89. The van der Waals surface area contributed by atoms with E-state index in [-0.39, 0.29) is 11.3 Å². The molecule has 0 aliphatic rings. The molecule has 0 spiro atoms. The van der Waals surface area contributed by atoms with Gasteiger partial charge in [-0.1, -0.05) is 24.3 Å². The van der Waals surface area contributed by atoms with Crippen molar-refractivity contribution in [3.8, 4) is 5.75 Å². The van der Waals surface area contributed by atoms with Crippen molar-refractivity contribution in [3.05, 3.63) is 59.7 Å². The molecular formula is C17H17NO4. The number of benzene rings is 2. The summed E-state index contributed by atoms with van der Waals surface area (Å²) in [5.41, 5.74) is 1.67. The number of phenols is 1. The van der Waals surface area contributed by atoms with Crippen LogP contribution in [-0.4, -0.2) is 23.1 Å². The lowest BCUT2D eigenvalue weighted by atomic mass is 10.2. The first-order valence-electron chi connectivity index (χ1n) is 6.84. The molecule has 0 heterocycles. The van der Waals surface area contributed by atoms with E-state index in [4.69, 9.17) is 4.74 Å². The Morgan fingerprint density at radius 1 is 1.14 bits per heavy atom. The molecule has 2 aromatic carbocycles. The van der Waals surface area contributed by atoms with Gasteiger partial charge in [0, 0.05) is 5.69 Å². The maximum absolute atomic E-state index is 12.0. The number of carbonyl (C=O) groups excluding carboxylic acids is 2. The summed E-state index contributed by atoms with van der Waals surface area (Å²) in [6.07, 6.45) is -0.979. The monoisotopic (exact) mass is 299 g/mol. The molecule has 1 unspecified atom stereocenters. The SMILES string of the molecule is Cc1cccc(NC(=O)C(C)OC(=O)c2ccccc2O)c1. The Hall–Kier alpha value is -2.82. The quantitative estimate of drug-likeness (QED) is 0.851. The molecule has 0 bridgehead atoms. The molecule has 5 nitrogen and oxygen atoms in total. The fraction of sp³-hybridized carbons (Fsp3) is 0.176. The maximum Gasteiger partial charge on any atom is 0.342 e. The summed E-state index contributed by atoms with van der Waals surface area (Å²) in [5.74, 6) is -1.36. The predicted molar refractivity (Wildman–Crippen MR) is 82.8 cm³/mol. The molecule has 0 saturated heterocycles. The topological polar surface area (TPSA) is 75.6 Å². The first-order chi connectivity index (χ1) is 10.5. The molecule has 2 N–H and O–H groups in total. The normalized spacial score (nSPS) is 11.5. The molecule has 0 fully saturated rings. The van der Waals surface area contributed by atoms with E-state index in [1.807, 2.05) is 25.1 Å². The van der Waals surface area contributed by atoms with Gasteiger partial charge in [-0.25, -0.2) is 4.79 Å². The zero-order chi connectivity index (χ0) is 16.1. The lowest BCUT2D eigenvalue weighted by Crippen LogP contribution is -2.30. The largest absolute Gasteiger partial charge is 0.507 e. The third-order valence-electron chi connectivity index (χ3n) is 3.06. The summed E-state index contributed by atoms with van der Waals surface area (Å²) in [6, 6.07) is 13.3. The summed E-state index contributed by atoms with van der Waals surface area (Å²) in [6.45, 7) is 3.39. The van der Waals surface area contributed by atoms with Gasteiger partial charge in [0.1, 0.15) is 11.3 Å². The van der Waals surface area contributed by atoms with Crippen LogP contribution < -0.4 is 5.32 Å². The first kappa shape index (κ1) is 15.6. The Morgan fingerprint density at radius 2 is 1.86 bits per heavy atom. The Kier molecular flexibility index (Phi) is 4.78. The summed E-state index contributed by atoms with van der Waals surface area (Å²) in [5, 5.41) is 12.3. The maximum atomic E-state index is 12.0. The van der Waals surface area contributed by atoms with Gasteiger partial charge in [-0.2, -0.15) is 0 Å². The van der Waals surface area contributed by atoms with Crippen LogP contribution in [0.5, 0.6) is 5.75 Å². The van der Waals surface area contributed by atoms with Crippen molar-refractivity contribution in [2.45, 2.75) is 20.0 Å². The van der Waals surface area contributed by atoms with Gasteiger partial charge in [0.2, 0.25) is 0 Å². The molecule has 1 amide bonds. The third-order valence-corrected chi connectivity index (χ3v) is 3.06. The minimum atomic E-state index is -0.979. The second-order valence-corrected chi connectivity index (χ2v) is 4.92. The summed E-state index contributed by atoms with van der Waals surface area (Å²) in [7, 11) is 0. The van der Waals surface area contributed by atoms with E-state index >= 15 is 0 Å². The number of esters is 1. The Balaban J connectivity index is 1.99. The van der Waals surface area contributed by atoms with Gasteiger partial charge in [-0.05, 0) is 43.7 Å². The predicted octanol–water partition coefficient (Wildman–Crippen LogP) is 2.88. The number of nitrogens with one attached hydrogen (secondary N) is 1. The number of hydrogen-bond acceptors (Lipinski definition) is 4. The van der Waals surface area contributed by atoms with Gasteiger partial charge in [-0.3, -0.25) is 4.79 Å². The van der Waals surface area contributed by atoms with E-state index in [1.165, 1.54) is 19.1 Å². The van der Waals surface area contributed by atoms with Crippen molar-refractivity contribution < 1.29 is 19.4 Å². The molecule has 0 saturated carbocycles. The summed E-state index contributed by atoms with van der Waals surface area (Å²) in [4.78, 5) is 23.9. The number of ether oxygens (including phenoxy) is 1. The van der Waals surface area contributed by atoms with Crippen LogP contribution in [0.3, 0.4) is 0 Å². The molecule has 0 aliphatic heterocycles. The number of aromatic hydroxyl groups is 1. The van der Waals surface area contributed by atoms with Crippen LogP contribution in [0.25, 0.3) is 0 Å². The number of phenolic OH excluding ortho intramolecular Hbond substituents is 1. The van der Waals surface area contributed by atoms with E-state index in [0.29, 0.717) is 5.69 Å². The first-order valence-corrected chi connectivity index (χ1v) is 6.84. The molecule has 2 rings (SSSR count). The van der Waals surface area contributed by atoms with Gasteiger partial charge in [0.25, 0.3) is 5.91 Å². The number of amides is 1. The number of anilines is 1. The molecule has 0 aromatic heterocycles. The number of carbonyl (C=O) groups is 2. The van der Waals surface area contributed by atoms with Crippen LogP contribution in [0.4, 0.5) is 5.69 Å². The lowest BCUT2D eigenvalue weighted by Gasteiger charge is -2.14. The van der Waals surface area contributed by atoms with Crippen molar-refractivity contribution in [2.75, 3.05) is 5.32 Å². The average molecular weight is 299 g/mol. The third kappa shape index (κ3) is 3.85. The molecule has 114 valence electrons. The van der Waals surface area contributed by atoms with Crippen molar-refractivity contribution in [1.82, 2.24) is 0 Å². The average Bonchev–Trinajstić information content (AvgIpc) is 2.47. The van der Waals surface area contributed by atoms with Crippen molar-refractivity contribution in [2.24, 2.45) is 0 Å². The highest BCUT2D eigenvalue weighted by Gasteiger charge is 2.20. The van der Waals surface area contributed by atoms with Crippen LogP contribution in [0.1, 0.15) is 22.8 Å². The fourth-order valence-corrected chi connectivity index (χ4v) is 1.89. The van der Waals surface area contributed by atoms with Crippen LogP contribution in [0, 0.1) is 6.92 Å². The van der Waals surface area contributed by atoms with Crippen molar-refractivity contribution >= 4 is 17.6 Å². The van der Waals surface area contributed by atoms with Crippen LogP contribution in [-0.2, 0) is 9.53 Å². The lowest BCUT2D eigenvalue weighted by molar-refractivity contribution is -0.123. The molecule has 22 heavy (non-hydrogen) atoms. The van der Waals surface area contributed by atoms with Gasteiger partial charge in [0.15, 0.2) is 6.10 Å². The summed E-state index contributed by atoms with van der Waals surface area (Å²) >= 11 is 0. The van der Waals surface area contributed by atoms with E-state index < -0.39 is 18.0 Å². The van der Waals surface area contributed by atoms with Gasteiger partial charge in [0.05, 0.1) is 0 Å². The van der Waals surface area contributed by atoms with Gasteiger partial charge < -0.3 is 15.2 Å². The Bertz CT molecular complexity index is 697. The van der Waals surface area contributed by atoms with Crippen LogP contribution in [0.2, 0.25) is 0 Å². The van der Waals surface area contributed by atoms with Crippen LogP contribution >= 0.6 is 0 Å². The molecule has 1 atom stereocenters. The van der Waals surface area contributed by atoms with Gasteiger partial charge in [-0.15, -0.1) is 0 Å². The van der Waals surface area contributed by atoms with E-state index in [1.54, 1.807) is 18.2 Å². The van der Waals surface area contributed by atoms with Crippen molar-refractivity contribution in [3.63, 3.8) is 0 Å². The van der Waals surface area contributed by atoms with E-state index in [2.05, 4.69) is 5.32 Å².